The summed E-state index contributed by atoms with van der Waals surface area (Å²) in [4.78, 5) is 11.3. The molecule has 88 valence electrons. The maximum Gasteiger partial charge on any atom is 0.350 e. The summed E-state index contributed by atoms with van der Waals surface area (Å²) in [6.45, 7) is 1.90. The van der Waals surface area contributed by atoms with Crippen molar-refractivity contribution in [2.24, 2.45) is 0 Å². The molecule has 1 aromatic carbocycles. The Morgan fingerprint density at radius 3 is 2.88 bits per heavy atom. The van der Waals surface area contributed by atoms with E-state index in [1.807, 2.05) is 0 Å². The van der Waals surface area contributed by atoms with E-state index >= 15 is 0 Å². The second-order valence-electron chi connectivity index (χ2n) is 3.12. The number of nitrogens with two attached hydrogens (primary N) is 1. The van der Waals surface area contributed by atoms with Crippen LogP contribution in [0.5, 0.6) is 0 Å². The fraction of sp³-hybridized carbons (Fsp3) is 0.167. The SMILES string of the molecule is CCOC(=O)C(C#N)=CNc1ccccc1N. The van der Waals surface area contributed by atoms with Gasteiger partial charge in [-0.2, -0.15) is 5.26 Å². The molecule has 0 aromatic heterocycles. The number of anilines is 2. The number of hydrogen-bond acceptors (Lipinski definition) is 5. The Kier molecular flexibility index (Phi) is 4.58. The van der Waals surface area contributed by atoms with Crippen molar-refractivity contribution in [1.29, 1.82) is 5.26 Å². The highest BCUT2D eigenvalue weighted by Gasteiger charge is 2.09. The minimum absolute atomic E-state index is 0.102. The third kappa shape index (κ3) is 3.54. The van der Waals surface area contributed by atoms with Crippen LogP contribution in [0.2, 0.25) is 0 Å². The Morgan fingerprint density at radius 1 is 1.59 bits per heavy atom. The van der Waals surface area contributed by atoms with Crippen LogP contribution < -0.4 is 11.1 Å². The van der Waals surface area contributed by atoms with E-state index in [4.69, 9.17) is 15.7 Å². The summed E-state index contributed by atoms with van der Waals surface area (Å²) < 4.78 is 4.71. The fourth-order valence-electron chi connectivity index (χ4n) is 1.12. The van der Waals surface area contributed by atoms with Crippen molar-refractivity contribution in [3.8, 4) is 6.07 Å². The van der Waals surface area contributed by atoms with Crippen molar-refractivity contribution >= 4 is 17.3 Å². The number of nitrogens with one attached hydrogen (secondary N) is 1. The molecule has 0 aliphatic carbocycles. The number of hydrogen-bond donors (Lipinski definition) is 2. The maximum atomic E-state index is 11.3. The number of nitriles is 1. The minimum atomic E-state index is -0.656. The molecule has 0 spiro atoms. The standard InChI is InChI=1S/C12H13N3O2/c1-2-17-12(16)9(7-13)8-15-11-6-4-3-5-10(11)14/h3-6,8,15H,2,14H2,1H3. The molecular formula is C12H13N3O2. The van der Waals surface area contributed by atoms with Crippen LogP contribution in [0.4, 0.5) is 11.4 Å². The fourth-order valence-corrected chi connectivity index (χ4v) is 1.12. The quantitative estimate of drug-likeness (QED) is 0.356. The van der Waals surface area contributed by atoms with Crippen molar-refractivity contribution in [3.05, 3.63) is 36.0 Å². The van der Waals surface area contributed by atoms with E-state index in [2.05, 4.69) is 5.32 Å². The highest BCUT2D eigenvalue weighted by molar-refractivity contribution is 5.93. The van der Waals surface area contributed by atoms with Gasteiger partial charge in [-0.1, -0.05) is 12.1 Å². The molecule has 0 radical (unpaired) electrons. The number of carbonyl (C=O) groups excluding carboxylic acids is 1. The predicted octanol–water partition coefficient (Wildman–Crippen LogP) is 1.65. The van der Waals surface area contributed by atoms with E-state index in [-0.39, 0.29) is 12.2 Å². The Hall–Kier alpha value is -2.48. The third-order valence-corrected chi connectivity index (χ3v) is 1.95. The first kappa shape index (κ1) is 12.6. The molecule has 0 unspecified atom stereocenters. The molecule has 0 aliphatic rings. The van der Waals surface area contributed by atoms with Crippen molar-refractivity contribution in [2.45, 2.75) is 6.92 Å². The zero-order valence-corrected chi connectivity index (χ0v) is 9.43. The lowest BCUT2D eigenvalue weighted by Crippen LogP contribution is -2.08. The Bertz CT molecular complexity index is 475. The van der Waals surface area contributed by atoms with Gasteiger partial charge < -0.3 is 15.8 Å². The summed E-state index contributed by atoms with van der Waals surface area (Å²) in [6, 6.07) is 8.80. The van der Waals surface area contributed by atoms with E-state index < -0.39 is 5.97 Å². The minimum Gasteiger partial charge on any atom is -0.462 e. The lowest BCUT2D eigenvalue weighted by Gasteiger charge is -2.05. The van der Waals surface area contributed by atoms with Crippen LogP contribution in [-0.4, -0.2) is 12.6 Å². The van der Waals surface area contributed by atoms with Gasteiger partial charge in [-0.15, -0.1) is 0 Å². The second-order valence-corrected chi connectivity index (χ2v) is 3.12. The van der Waals surface area contributed by atoms with E-state index in [1.165, 1.54) is 6.20 Å². The zero-order chi connectivity index (χ0) is 12.7. The highest BCUT2D eigenvalue weighted by Crippen LogP contribution is 2.16. The Balaban J connectivity index is 2.79. The number of ether oxygens (including phenoxy) is 1. The first-order valence-electron chi connectivity index (χ1n) is 5.07. The molecule has 5 heteroatoms. The topological polar surface area (TPSA) is 88.1 Å². The van der Waals surface area contributed by atoms with E-state index in [0.717, 1.165) is 0 Å². The second kappa shape index (κ2) is 6.18. The van der Waals surface area contributed by atoms with Crippen molar-refractivity contribution in [1.82, 2.24) is 0 Å². The number of nitrogens with zero attached hydrogens (tertiary/aromatic N) is 1. The normalized spacial score (nSPS) is 10.5. The van der Waals surface area contributed by atoms with E-state index in [9.17, 15) is 4.79 Å². The monoisotopic (exact) mass is 231 g/mol. The third-order valence-electron chi connectivity index (χ3n) is 1.95. The summed E-state index contributed by atoms with van der Waals surface area (Å²) in [5.74, 6) is -0.656. The zero-order valence-electron chi connectivity index (χ0n) is 9.43. The summed E-state index contributed by atoms with van der Waals surface area (Å²) >= 11 is 0. The average molecular weight is 231 g/mol. The molecule has 5 nitrogen and oxygen atoms in total. The summed E-state index contributed by atoms with van der Waals surface area (Å²) in [5.41, 5.74) is 6.75. The number of benzene rings is 1. The van der Waals surface area contributed by atoms with Gasteiger partial charge >= 0.3 is 5.97 Å². The van der Waals surface area contributed by atoms with Gasteiger partial charge in [-0.05, 0) is 19.1 Å². The van der Waals surface area contributed by atoms with Crippen LogP contribution in [0.15, 0.2) is 36.0 Å². The van der Waals surface area contributed by atoms with Crippen LogP contribution in [0.1, 0.15) is 6.92 Å². The molecule has 0 amide bonds. The maximum absolute atomic E-state index is 11.3. The number of esters is 1. The van der Waals surface area contributed by atoms with Gasteiger partial charge in [0.2, 0.25) is 0 Å². The molecule has 17 heavy (non-hydrogen) atoms. The Labute approximate surface area is 99.5 Å². The molecule has 0 fully saturated rings. The Morgan fingerprint density at radius 2 is 2.29 bits per heavy atom. The molecule has 0 saturated heterocycles. The molecular weight excluding hydrogens is 218 g/mol. The summed E-state index contributed by atoms with van der Waals surface area (Å²) in [6.07, 6.45) is 1.28. The van der Waals surface area contributed by atoms with E-state index in [0.29, 0.717) is 11.4 Å². The van der Waals surface area contributed by atoms with Crippen LogP contribution in [0, 0.1) is 11.3 Å². The van der Waals surface area contributed by atoms with Gasteiger partial charge in [0, 0.05) is 6.20 Å². The van der Waals surface area contributed by atoms with Gasteiger partial charge in [0.25, 0.3) is 0 Å². The smallest absolute Gasteiger partial charge is 0.350 e. The lowest BCUT2D eigenvalue weighted by molar-refractivity contribution is -0.138. The average Bonchev–Trinajstić information content (AvgIpc) is 2.32. The molecule has 0 aliphatic heterocycles. The van der Waals surface area contributed by atoms with Gasteiger partial charge in [0.05, 0.1) is 18.0 Å². The van der Waals surface area contributed by atoms with Crippen LogP contribution in [0.3, 0.4) is 0 Å². The first-order valence-corrected chi connectivity index (χ1v) is 5.07. The molecule has 0 heterocycles. The van der Waals surface area contributed by atoms with Gasteiger partial charge in [-0.25, -0.2) is 4.79 Å². The highest BCUT2D eigenvalue weighted by atomic mass is 16.5. The molecule has 1 aromatic rings. The van der Waals surface area contributed by atoms with E-state index in [1.54, 1.807) is 37.3 Å². The summed E-state index contributed by atoms with van der Waals surface area (Å²) in [5, 5.41) is 11.6. The van der Waals surface area contributed by atoms with Crippen LogP contribution >= 0.6 is 0 Å². The summed E-state index contributed by atoms with van der Waals surface area (Å²) in [7, 11) is 0. The van der Waals surface area contributed by atoms with Crippen molar-refractivity contribution in [2.75, 3.05) is 17.7 Å². The first-order chi connectivity index (χ1) is 8.19. The molecule has 3 N–H and O–H groups in total. The molecule has 0 atom stereocenters. The molecule has 1 rings (SSSR count). The van der Waals surface area contributed by atoms with Crippen molar-refractivity contribution in [3.63, 3.8) is 0 Å². The lowest BCUT2D eigenvalue weighted by atomic mass is 10.2. The number of rotatable bonds is 4. The van der Waals surface area contributed by atoms with Crippen LogP contribution in [-0.2, 0) is 9.53 Å². The van der Waals surface area contributed by atoms with Crippen LogP contribution in [0.25, 0.3) is 0 Å². The predicted molar refractivity (Wildman–Crippen MR) is 64.8 cm³/mol. The number of para-hydroxylation sites is 2. The molecule has 0 saturated carbocycles. The van der Waals surface area contributed by atoms with Gasteiger partial charge in [0.15, 0.2) is 5.57 Å². The largest absolute Gasteiger partial charge is 0.462 e. The number of carbonyl (C=O) groups is 1. The van der Waals surface area contributed by atoms with Gasteiger partial charge in [-0.3, -0.25) is 0 Å². The van der Waals surface area contributed by atoms with Gasteiger partial charge in [0.1, 0.15) is 6.07 Å². The van der Waals surface area contributed by atoms with Crippen molar-refractivity contribution < 1.29 is 9.53 Å². The molecule has 0 bridgehead atoms. The number of nitrogen functional groups attached to an aromatic ring is 1.